The van der Waals surface area contributed by atoms with Crippen molar-refractivity contribution < 1.29 is 0 Å². The molecule has 1 aliphatic heterocycles. The minimum Gasteiger partial charge on any atom is -0.298 e. The smallest absolute Gasteiger partial charge is 0.00954 e. The van der Waals surface area contributed by atoms with Crippen LogP contribution in [-0.2, 0) is 0 Å². The second-order valence-electron chi connectivity index (χ2n) is 6.80. The van der Waals surface area contributed by atoms with E-state index in [1.54, 1.807) is 0 Å². The summed E-state index contributed by atoms with van der Waals surface area (Å²) >= 11 is 0. The van der Waals surface area contributed by atoms with E-state index in [4.69, 9.17) is 0 Å². The number of likely N-dealkylation sites (tertiary alicyclic amines) is 1. The summed E-state index contributed by atoms with van der Waals surface area (Å²) in [5.74, 6) is 1.77. The van der Waals surface area contributed by atoms with Gasteiger partial charge in [-0.25, -0.2) is 0 Å². The highest BCUT2D eigenvalue weighted by atomic mass is 15.2. The van der Waals surface area contributed by atoms with E-state index < -0.39 is 0 Å². The summed E-state index contributed by atoms with van der Waals surface area (Å²) < 4.78 is 0. The lowest BCUT2D eigenvalue weighted by Gasteiger charge is -2.35. The quantitative estimate of drug-likeness (QED) is 0.595. The average Bonchev–Trinajstić information content (AvgIpc) is 2.39. The first-order valence-electron chi connectivity index (χ1n) is 8.32. The Morgan fingerprint density at radius 2 is 1.56 bits per heavy atom. The van der Waals surface area contributed by atoms with Gasteiger partial charge >= 0.3 is 0 Å². The van der Waals surface area contributed by atoms with Crippen LogP contribution in [0.1, 0.15) is 79.6 Å². The lowest BCUT2D eigenvalue weighted by atomic mass is 9.92. The van der Waals surface area contributed by atoms with Gasteiger partial charge in [0.1, 0.15) is 0 Å². The molecule has 0 aromatic rings. The van der Waals surface area contributed by atoms with E-state index in [1.165, 1.54) is 51.5 Å². The van der Waals surface area contributed by atoms with Gasteiger partial charge in [0.15, 0.2) is 0 Å². The largest absolute Gasteiger partial charge is 0.298 e. The van der Waals surface area contributed by atoms with Crippen molar-refractivity contribution in [1.29, 1.82) is 0 Å². The molecule has 1 heterocycles. The first-order chi connectivity index (χ1) is 8.56. The van der Waals surface area contributed by atoms with Crippen molar-refractivity contribution in [3.05, 3.63) is 0 Å². The Kier molecular flexibility index (Phi) is 7.29. The van der Waals surface area contributed by atoms with Crippen LogP contribution in [0.15, 0.2) is 0 Å². The number of nitrogens with zero attached hydrogens (tertiary/aromatic N) is 1. The van der Waals surface area contributed by atoms with Crippen LogP contribution in [-0.4, -0.2) is 23.5 Å². The molecule has 0 aromatic carbocycles. The van der Waals surface area contributed by atoms with Crippen LogP contribution < -0.4 is 0 Å². The van der Waals surface area contributed by atoms with Crippen LogP contribution in [0.3, 0.4) is 0 Å². The van der Waals surface area contributed by atoms with Crippen molar-refractivity contribution in [2.75, 3.05) is 6.54 Å². The van der Waals surface area contributed by atoms with Crippen molar-refractivity contribution in [1.82, 2.24) is 4.90 Å². The van der Waals surface area contributed by atoms with E-state index in [9.17, 15) is 0 Å². The van der Waals surface area contributed by atoms with Gasteiger partial charge in [0.05, 0.1) is 0 Å². The molecule has 108 valence electrons. The standard InChI is InChI=1S/C17H35N/c1-6-7-8-9-10-11-18-16(4)13-14(2)12-15(3)17(18)5/h14-17H,6-13H2,1-5H3. The van der Waals surface area contributed by atoms with Crippen molar-refractivity contribution in [3.8, 4) is 0 Å². The molecule has 1 fully saturated rings. The third-order valence-corrected chi connectivity index (χ3v) is 4.95. The molecule has 0 bridgehead atoms. The summed E-state index contributed by atoms with van der Waals surface area (Å²) in [7, 11) is 0. The molecule has 1 aliphatic rings. The zero-order chi connectivity index (χ0) is 13.5. The van der Waals surface area contributed by atoms with Crippen molar-refractivity contribution in [2.24, 2.45) is 11.8 Å². The maximum Gasteiger partial charge on any atom is 0.00954 e. The predicted octanol–water partition coefficient (Wildman–Crippen LogP) is 5.10. The van der Waals surface area contributed by atoms with Gasteiger partial charge < -0.3 is 0 Å². The number of hydrogen-bond donors (Lipinski definition) is 0. The summed E-state index contributed by atoms with van der Waals surface area (Å²) in [4.78, 5) is 2.79. The number of unbranched alkanes of at least 4 members (excludes halogenated alkanes) is 4. The van der Waals surface area contributed by atoms with Crippen LogP contribution in [0.25, 0.3) is 0 Å². The molecule has 4 atom stereocenters. The van der Waals surface area contributed by atoms with Gasteiger partial charge in [-0.1, -0.05) is 46.5 Å². The van der Waals surface area contributed by atoms with E-state index in [-0.39, 0.29) is 0 Å². The van der Waals surface area contributed by atoms with E-state index in [0.29, 0.717) is 0 Å². The molecule has 1 heteroatoms. The Labute approximate surface area is 115 Å². The van der Waals surface area contributed by atoms with Crippen molar-refractivity contribution >= 4 is 0 Å². The van der Waals surface area contributed by atoms with Crippen molar-refractivity contribution in [3.63, 3.8) is 0 Å². The molecule has 0 N–H and O–H groups in total. The molecule has 1 nitrogen and oxygen atoms in total. The molecular weight excluding hydrogens is 218 g/mol. The molecule has 0 aromatic heterocycles. The van der Waals surface area contributed by atoms with Gasteiger partial charge in [0.2, 0.25) is 0 Å². The van der Waals surface area contributed by atoms with Gasteiger partial charge in [-0.15, -0.1) is 0 Å². The summed E-state index contributed by atoms with van der Waals surface area (Å²) in [5.41, 5.74) is 0. The number of rotatable bonds is 6. The fraction of sp³-hybridized carbons (Fsp3) is 1.00. The highest BCUT2D eigenvalue weighted by Crippen LogP contribution is 2.30. The zero-order valence-electron chi connectivity index (χ0n) is 13.4. The third-order valence-electron chi connectivity index (χ3n) is 4.95. The van der Waals surface area contributed by atoms with Gasteiger partial charge in [0, 0.05) is 12.1 Å². The molecule has 0 radical (unpaired) electrons. The maximum atomic E-state index is 2.79. The van der Waals surface area contributed by atoms with Crippen molar-refractivity contribution in [2.45, 2.75) is 91.6 Å². The topological polar surface area (TPSA) is 3.24 Å². The van der Waals surface area contributed by atoms with Gasteiger partial charge in [-0.2, -0.15) is 0 Å². The fourth-order valence-corrected chi connectivity index (χ4v) is 3.70. The lowest BCUT2D eigenvalue weighted by molar-refractivity contribution is 0.126. The van der Waals surface area contributed by atoms with Gasteiger partial charge in [0.25, 0.3) is 0 Å². The van der Waals surface area contributed by atoms with E-state index >= 15 is 0 Å². The Bertz CT molecular complexity index is 214. The highest BCUT2D eigenvalue weighted by molar-refractivity contribution is 4.84. The van der Waals surface area contributed by atoms with Crippen LogP contribution in [0.2, 0.25) is 0 Å². The normalized spacial score (nSPS) is 34.5. The molecule has 1 saturated heterocycles. The second-order valence-corrected chi connectivity index (χ2v) is 6.80. The maximum absolute atomic E-state index is 2.79. The monoisotopic (exact) mass is 253 g/mol. The van der Waals surface area contributed by atoms with E-state index in [0.717, 1.165) is 23.9 Å². The Hall–Kier alpha value is -0.0400. The highest BCUT2D eigenvalue weighted by Gasteiger charge is 2.29. The molecule has 1 rings (SSSR count). The summed E-state index contributed by atoms with van der Waals surface area (Å²) in [6, 6.07) is 1.56. The fourth-order valence-electron chi connectivity index (χ4n) is 3.70. The summed E-state index contributed by atoms with van der Waals surface area (Å²) in [5, 5.41) is 0. The molecule has 0 saturated carbocycles. The second kappa shape index (κ2) is 8.19. The molecule has 4 unspecified atom stereocenters. The summed E-state index contributed by atoms with van der Waals surface area (Å²) in [6.07, 6.45) is 9.83. The Morgan fingerprint density at radius 1 is 0.889 bits per heavy atom. The van der Waals surface area contributed by atoms with Gasteiger partial charge in [-0.3, -0.25) is 4.90 Å². The Morgan fingerprint density at radius 3 is 2.22 bits per heavy atom. The SMILES string of the molecule is CCCCCCCN1C(C)CC(C)CC(C)C1C. The van der Waals surface area contributed by atoms with E-state index in [2.05, 4.69) is 39.5 Å². The van der Waals surface area contributed by atoms with Crippen LogP contribution in [0.4, 0.5) is 0 Å². The minimum atomic E-state index is 0.774. The zero-order valence-corrected chi connectivity index (χ0v) is 13.4. The average molecular weight is 253 g/mol. The molecule has 18 heavy (non-hydrogen) atoms. The molecule has 0 spiro atoms. The van der Waals surface area contributed by atoms with Crippen LogP contribution >= 0.6 is 0 Å². The predicted molar refractivity (Wildman–Crippen MR) is 82.0 cm³/mol. The first-order valence-corrected chi connectivity index (χ1v) is 8.32. The summed E-state index contributed by atoms with van der Waals surface area (Å²) in [6.45, 7) is 13.4. The molecule has 0 aliphatic carbocycles. The molecule has 0 amide bonds. The first kappa shape index (κ1) is 16.0. The van der Waals surface area contributed by atoms with Gasteiger partial charge in [-0.05, 0) is 51.5 Å². The van der Waals surface area contributed by atoms with Crippen LogP contribution in [0, 0.1) is 11.8 Å². The lowest BCUT2D eigenvalue weighted by Crippen LogP contribution is -2.42. The van der Waals surface area contributed by atoms with E-state index in [1.807, 2.05) is 0 Å². The minimum absolute atomic E-state index is 0.774. The Balaban J connectivity index is 2.39. The van der Waals surface area contributed by atoms with Crippen LogP contribution in [0.5, 0.6) is 0 Å². The third kappa shape index (κ3) is 4.91. The molecular formula is C17H35N. The number of hydrogen-bond acceptors (Lipinski definition) is 1.